The van der Waals surface area contributed by atoms with E-state index in [1.165, 1.54) is 9.80 Å². The van der Waals surface area contributed by atoms with E-state index in [-0.39, 0.29) is 11.8 Å². The van der Waals surface area contributed by atoms with Gasteiger partial charge in [-0.15, -0.1) is 5.10 Å². The van der Waals surface area contributed by atoms with Crippen LogP contribution in [0.4, 0.5) is 0 Å². The van der Waals surface area contributed by atoms with Gasteiger partial charge in [0.15, 0.2) is 5.69 Å². The number of nitrogens with zero attached hydrogens (tertiary/aromatic N) is 6. The summed E-state index contributed by atoms with van der Waals surface area (Å²) in [5.74, 6) is -0.874. The van der Waals surface area contributed by atoms with E-state index in [9.17, 15) is 14.4 Å². The molecule has 1 aromatic heterocycles. The van der Waals surface area contributed by atoms with Gasteiger partial charge in [0.2, 0.25) is 0 Å². The van der Waals surface area contributed by atoms with Crippen LogP contribution in [0.25, 0.3) is 5.69 Å². The van der Waals surface area contributed by atoms with Crippen molar-refractivity contribution in [2.45, 2.75) is 18.8 Å². The second kappa shape index (κ2) is 8.70. The monoisotopic (exact) mass is 438 g/mol. The Balaban J connectivity index is 1.26. The number of rotatable bonds is 3. The number of para-hydroxylation sites is 1. The van der Waals surface area contributed by atoms with Gasteiger partial charge in [-0.2, -0.15) is 0 Å². The van der Waals surface area contributed by atoms with Crippen LogP contribution < -0.4 is 0 Å². The van der Waals surface area contributed by atoms with Crippen molar-refractivity contribution in [3.05, 3.63) is 41.7 Å². The van der Waals surface area contributed by atoms with Crippen LogP contribution in [0.3, 0.4) is 0 Å². The Morgan fingerprint density at radius 1 is 0.812 bits per heavy atom. The molecule has 0 spiro atoms. The van der Waals surface area contributed by atoms with E-state index in [1.807, 2.05) is 30.3 Å². The Morgan fingerprint density at radius 2 is 1.41 bits per heavy atom. The summed E-state index contributed by atoms with van der Waals surface area (Å²) in [6.07, 6.45) is 2.04. The highest BCUT2D eigenvalue weighted by atomic mass is 16.5. The topological polar surface area (TPSA) is 101 Å². The van der Waals surface area contributed by atoms with E-state index in [4.69, 9.17) is 4.74 Å². The lowest BCUT2D eigenvalue weighted by Crippen LogP contribution is -2.55. The van der Waals surface area contributed by atoms with Gasteiger partial charge in [0.25, 0.3) is 5.91 Å². The van der Waals surface area contributed by atoms with E-state index < -0.39 is 11.8 Å². The molecule has 2 aromatic rings. The van der Waals surface area contributed by atoms with Gasteiger partial charge in [-0.1, -0.05) is 23.4 Å². The molecule has 168 valence electrons. The molecule has 0 atom stereocenters. The summed E-state index contributed by atoms with van der Waals surface area (Å²) in [4.78, 5) is 43.1. The smallest absolute Gasteiger partial charge is 0.312 e. The third kappa shape index (κ3) is 3.97. The molecule has 10 nitrogen and oxygen atoms in total. The Morgan fingerprint density at radius 3 is 2.03 bits per heavy atom. The Hall–Kier alpha value is -3.27. The average molecular weight is 438 g/mol. The summed E-state index contributed by atoms with van der Waals surface area (Å²) in [6.45, 7) is 3.15. The maximum Gasteiger partial charge on any atom is 0.312 e. The number of hydrogen-bond donors (Lipinski definition) is 0. The molecule has 0 N–H and O–H groups in total. The molecule has 2 saturated heterocycles. The van der Waals surface area contributed by atoms with Crippen LogP contribution in [0.5, 0.6) is 0 Å². The van der Waals surface area contributed by atoms with Gasteiger partial charge in [-0.25, -0.2) is 4.68 Å². The van der Waals surface area contributed by atoms with Crippen LogP contribution >= 0.6 is 0 Å². The first-order chi connectivity index (χ1) is 15.6. The fourth-order valence-electron chi connectivity index (χ4n) is 4.22. The minimum absolute atomic E-state index is 0.166. The van der Waals surface area contributed by atoms with E-state index in [0.717, 1.165) is 24.2 Å². The van der Waals surface area contributed by atoms with Gasteiger partial charge in [0.05, 0.1) is 24.6 Å². The second-order valence-electron chi connectivity index (χ2n) is 8.33. The third-order valence-corrected chi connectivity index (χ3v) is 6.21. The molecule has 0 unspecified atom stereocenters. The number of piperazine rings is 1. The van der Waals surface area contributed by atoms with E-state index in [1.54, 1.807) is 9.58 Å². The number of carbonyl (C=O) groups is 3. The normalized spacial score (nSPS) is 19.2. The van der Waals surface area contributed by atoms with Gasteiger partial charge in [0, 0.05) is 45.2 Å². The summed E-state index contributed by atoms with van der Waals surface area (Å²) >= 11 is 0. The molecular formula is C22H26N6O4. The first kappa shape index (κ1) is 20.6. The zero-order valence-corrected chi connectivity index (χ0v) is 17.9. The van der Waals surface area contributed by atoms with E-state index >= 15 is 0 Å². The zero-order chi connectivity index (χ0) is 22.1. The number of benzene rings is 1. The molecule has 0 bridgehead atoms. The molecule has 0 radical (unpaired) electrons. The first-order valence-electron chi connectivity index (χ1n) is 11.1. The number of ether oxygens (including phenoxy) is 1. The van der Waals surface area contributed by atoms with Crippen LogP contribution in [0.1, 0.15) is 34.9 Å². The van der Waals surface area contributed by atoms with Gasteiger partial charge < -0.3 is 19.4 Å². The van der Waals surface area contributed by atoms with Crippen LogP contribution in [-0.4, -0.2) is 99.9 Å². The highest BCUT2D eigenvalue weighted by Crippen LogP contribution is 2.42. The molecule has 3 fully saturated rings. The van der Waals surface area contributed by atoms with Crippen molar-refractivity contribution in [2.24, 2.45) is 0 Å². The molecule has 3 aliphatic rings. The molecule has 1 aliphatic carbocycles. The molecular weight excluding hydrogens is 412 g/mol. The third-order valence-electron chi connectivity index (χ3n) is 6.21. The lowest BCUT2D eigenvalue weighted by molar-refractivity contribution is -0.154. The van der Waals surface area contributed by atoms with Gasteiger partial charge in [-0.3, -0.25) is 14.4 Å². The fraction of sp³-hybridized carbons (Fsp3) is 0.500. The van der Waals surface area contributed by atoms with Crippen LogP contribution in [-0.2, 0) is 14.3 Å². The summed E-state index contributed by atoms with van der Waals surface area (Å²) < 4.78 is 7.01. The van der Waals surface area contributed by atoms with Crippen molar-refractivity contribution in [3.63, 3.8) is 0 Å². The molecule has 5 rings (SSSR count). The van der Waals surface area contributed by atoms with E-state index in [2.05, 4.69) is 10.3 Å². The highest BCUT2D eigenvalue weighted by molar-refractivity contribution is 6.34. The Kier molecular flexibility index (Phi) is 5.60. The first-order valence-corrected chi connectivity index (χ1v) is 11.1. The lowest BCUT2D eigenvalue weighted by atomic mass is 10.1. The number of aromatic nitrogens is 3. The summed E-state index contributed by atoms with van der Waals surface area (Å²) in [7, 11) is 0. The van der Waals surface area contributed by atoms with Crippen molar-refractivity contribution in [1.82, 2.24) is 29.7 Å². The zero-order valence-electron chi connectivity index (χ0n) is 17.9. The van der Waals surface area contributed by atoms with Crippen LogP contribution in [0, 0.1) is 0 Å². The number of carbonyl (C=O) groups excluding carboxylic acids is 3. The van der Waals surface area contributed by atoms with Crippen molar-refractivity contribution in [1.29, 1.82) is 0 Å². The maximum atomic E-state index is 13.3. The fourth-order valence-corrected chi connectivity index (χ4v) is 4.22. The van der Waals surface area contributed by atoms with E-state index in [0.29, 0.717) is 58.2 Å². The molecule has 3 heterocycles. The van der Waals surface area contributed by atoms with Crippen molar-refractivity contribution in [3.8, 4) is 5.69 Å². The molecule has 1 aromatic carbocycles. The number of morpholine rings is 1. The second-order valence-corrected chi connectivity index (χ2v) is 8.33. The summed E-state index contributed by atoms with van der Waals surface area (Å²) in [5.41, 5.74) is 2.14. The largest absolute Gasteiger partial charge is 0.378 e. The summed E-state index contributed by atoms with van der Waals surface area (Å²) in [5, 5.41) is 8.52. The standard InChI is InChI=1S/C22H26N6O4/c29-20(18-19(16-6-7-16)28(24-23-18)17-4-2-1-3-5-17)25-8-10-26(11-9-25)21(30)22(31)27-12-14-32-15-13-27/h1-5,16H,6-15H2. The van der Waals surface area contributed by atoms with Crippen molar-refractivity contribution in [2.75, 3.05) is 52.5 Å². The maximum absolute atomic E-state index is 13.3. The van der Waals surface area contributed by atoms with Gasteiger partial charge in [0.1, 0.15) is 0 Å². The van der Waals surface area contributed by atoms with Crippen LogP contribution in [0.2, 0.25) is 0 Å². The minimum atomic E-state index is -0.507. The quantitative estimate of drug-likeness (QED) is 0.639. The number of hydrogen-bond acceptors (Lipinski definition) is 6. The van der Waals surface area contributed by atoms with Crippen LogP contribution in [0.15, 0.2) is 30.3 Å². The summed E-state index contributed by atoms with van der Waals surface area (Å²) in [6, 6.07) is 9.70. The highest BCUT2D eigenvalue weighted by Gasteiger charge is 2.37. The van der Waals surface area contributed by atoms with Crippen molar-refractivity contribution >= 4 is 17.7 Å². The number of amides is 3. The SMILES string of the molecule is O=C(C(=O)N1CCN(C(=O)c2nnn(-c3ccccc3)c2C2CC2)CC1)N1CCOCC1. The molecule has 10 heteroatoms. The molecule has 32 heavy (non-hydrogen) atoms. The Bertz CT molecular complexity index is 1000. The Labute approximate surface area is 185 Å². The predicted molar refractivity (Wildman–Crippen MR) is 113 cm³/mol. The predicted octanol–water partition coefficient (Wildman–Crippen LogP) is 0.288. The molecule has 2 aliphatic heterocycles. The lowest BCUT2D eigenvalue weighted by Gasteiger charge is -2.35. The van der Waals surface area contributed by atoms with Crippen molar-refractivity contribution < 1.29 is 19.1 Å². The molecule has 3 amide bonds. The molecule has 1 saturated carbocycles. The van der Waals surface area contributed by atoms with Gasteiger partial charge in [-0.05, 0) is 25.0 Å². The minimum Gasteiger partial charge on any atom is -0.378 e. The van der Waals surface area contributed by atoms with Gasteiger partial charge >= 0.3 is 11.8 Å². The average Bonchev–Trinajstić information content (AvgIpc) is 3.61.